The Hall–Kier alpha value is -3.68. The Labute approximate surface area is 180 Å². The number of hydrogen-bond acceptors (Lipinski definition) is 5. The molecule has 160 valence electrons. The van der Waals surface area contributed by atoms with Crippen molar-refractivity contribution in [1.82, 2.24) is 14.9 Å². The van der Waals surface area contributed by atoms with Crippen molar-refractivity contribution in [3.63, 3.8) is 0 Å². The number of benzene rings is 1. The number of pyridine rings is 1. The number of rotatable bonds is 5. The Kier molecular flexibility index (Phi) is 5.22. The van der Waals surface area contributed by atoms with Crippen LogP contribution < -0.4 is 16.0 Å². The molecule has 0 saturated carbocycles. The van der Waals surface area contributed by atoms with E-state index in [2.05, 4.69) is 27.9 Å². The molecule has 31 heavy (non-hydrogen) atoms. The van der Waals surface area contributed by atoms with E-state index in [-0.39, 0.29) is 29.9 Å². The fraction of sp³-hybridized carbons (Fsp3) is 0.304. The fourth-order valence-corrected chi connectivity index (χ4v) is 3.86. The molecule has 4 rings (SSSR count). The maximum atomic E-state index is 12.9. The number of hydrogen-bond donors (Lipinski definition) is 4. The average molecular weight is 419 g/mol. The van der Waals surface area contributed by atoms with Gasteiger partial charge in [0.25, 0.3) is 11.8 Å². The van der Waals surface area contributed by atoms with E-state index in [0.29, 0.717) is 28.3 Å². The first-order chi connectivity index (χ1) is 14.8. The van der Waals surface area contributed by atoms with Crippen molar-refractivity contribution in [3.05, 3.63) is 53.3 Å². The van der Waals surface area contributed by atoms with Crippen LogP contribution in [-0.2, 0) is 0 Å². The van der Waals surface area contributed by atoms with E-state index in [4.69, 9.17) is 5.41 Å². The van der Waals surface area contributed by atoms with Crippen LogP contribution in [0.2, 0.25) is 0 Å². The summed E-state index contributed by atoms with van der Waals surface area (Å²) < 4.78 is 2.00. The first kappa shape index (κ1) is 20.6. The van der Waals surface area contributed by atoms with E-state index >= 15 is 0 Å². The number of fused-ring (bicyclic) bond motifs is 3. The van der Waals surface area contributed by atoms with Gasteiger partial charge in [-0.3, -0.25) is 9.59 Å². The number of nitrogens with one attached hydrogen (secondary N) is 4. The largest absolute Gasteiger partial charge is 0.367 e. The van der Waals surface area contributed by atoms with E-state index in [9.17, 15) is 9.59 Å². The van der Waals surface area contributed by atoms with Crippen molar-refractivity contribution in [2.45, 2.75) is 45.8 Å². The fourth-order valence-electron chi connectivity index (χ4n) is 3.86. The van der Waals surface area contributed by atoms with Gasteiger partial charge in [-0.25, -0.2) is 4.98 Å². The van der Waals surface area contributed by atoms with E-state index in [1.54, 1.807) is 18.3 Å². The second-order valence-electron chi connectivity index (χ2n) is 8.24. The molecule has 1 aromatic carbocycles. The van der Waals surface area contributed by atoms with Crippen molar-refractivity contribution in [1.29, 1.82) is 5.41 Å². The third kappa shape index (κ3) is 3.76. The summed E-state index contributed by atoms with van der Waals surface area (Å²) >= 11 is 0. The van der Waals surface area contributed by atoms with Crippen molar-refractivity contribution in [2.75, 3.05) is 10.6 Å². The second-order valence-corrected chi connectivity index (χ2v) is 8.24. The Morgan fingerprint density at radius 2 is 2.03 bits per heavy atom. The lowest BCUT2D eigenvalue weighted by molar-refractivity contribution is 0.0891. The smallest absolute Gasteiger partial charge is 0.268 e. The van der Waals surface area contributed by atoms with Crippen LogP contribution in [0.3, 0.4) is 0 Å². The van der Waals surface area contributed by atoms with Gasteiger partial charge in [-0.05, 0) is 52.0 Å². The van der Waals surface area contributed by atoms with Gasteiger partial charge in [0, 0.05) is 40.3 Å². The molecule has 3 aromatic rings. The highest BCUT2D eigenvalue weighted by molar-refractivity contribution is 6.07. The third-order valence-electron chi connectivity index (χ3n) is 5.58. The lowest BCUT2D eigenvalue weighted by atomic mass is 10.1. The van der Waals surface area contributed by atoms with E-state index < -0.39 is 0 Å². The molecule has 0 saturated heterocycles. The molecule has 8 nitrogen and oxygen atoms in total. The highest BCUT2D eigenvalue weighted by Crippen LogP contribution is 2.30. The quantitative estimate of drug-likeness (QED) is 0.472. The standard InChI is InChI=1S/C23H26N6O2/c1-12(2)26-21-17(10-24)7-18(11-25-21)28-22(30)16-6-5-15-8-20-23(31)27-13(3)14(4)29(20)19(15)9-16/h5-14,24H,1-4H3,(H,25,26)(H,27,31)(H,28,30). The van der Waals surface area contributed by atoms with Gasteiger partial charge in [0.15, 0.2) is 0 Å². The van der Waals surface area contributed by atoms with Crippen LogP contribution in [0.15, 0.2) is 36.5 Å². The summed E-state index contributed by atoms with van der Waals surface area (Å²) in [6.45, 7) is 8.01. The van der Waals surface area contributed by atoms with Crippen LogP contribution in [-0.4, -0.2) is 39.7 Å². The van der Waals surface area contributed by atoms with Gasteiger partial charge >= 0.3 is 0 Å². The number of aromatic nitrogens is 2. The molecule has 2 unspecified atom stereocenters. The zero-order valence-corrected chi connectivity index (χ0v) is 18.0. The molecule has 0 aliphatic carbocycles. The van der Waals surface area contributed by atoms with Crippen molar-refractivity contribution in [3.8, 4) is 0 Å². The molecule has 0 fully saturated rings. The Balaban J connectivity index is 1.64. The number of anilines is 2. The predicted octanol–water partition coefficient (Wildman–Crippen LogP) is 3.80. The molecular weight excluding hydrogens is 392 g/mol. The van der Waals surface area contributed by atoms with Crippen LogP contribution in [0.4, 0.5) is 11.5 Å². The van der Waals surface area contributed by atoms with Crippen LogP contribution in [0, 0.1) is 5.41 Å². The van der Waals surface area contributed by atoms with Crippen LogP contribution in [0.1, 0.15) is 60.1 Å². The van der Waals surface area contributed by atoms with Gasteiger partial charge in [0.05, 0.1) is 17.9 Å². The number of carbonyl (C=O) groups excluding carboxylic acids is 2. The Morgan fingerprint density at radius 3 is 2.74 bits per heavy atom. The Morgan fingerprint density at radius 1 is 1.26 bits per heavy atom. The lowest BCUT2D eigenvalue weighted by Gasteiger charge is -2.30. The molecule has 0 radical (unpaired) electrons. The maximum Gasteiger partial charge on any atom is 0.268 e. The summed E-state index contributed by atoms with van der Waals surface area (Å²) in [5.74, 6) is 0.222. The second kappa shape index (κ2) is 7.86. The van der Waals surface area contributed by atoms with Gasteiger partial charge in [-0.15, -0.1) is 0 Å². The summed E-state index contributed by atoms with van der Waals surface area (Å²) in [6.07, 6.45) is 2.78. The molecular formula is C23H26N6O2. The minimum Gasteiger partial charge on any atom is -0.367 e. The summed E-state index contributed by atoms with van der Waals surface area (Å²) in [6, 6.07) is 9.24. The zero-order chi connectivity index (χ0) is 22.3. The normalized spacial score (nSPS) is 17.9. The van der Waals surface area contributed by atoms with Crippen molar-refractivity contribution < 1.29 is 9.59 Å². The van der Waals surface area contributed by atoms with Gasteiger partial charge in [-0.1, -0.05) is 6.07 Å². The molecule has 2 aromatic heterocycles. The number of nitrogens with zero attached hydrogens (tertiary/aromatic N) is 2. The molecule has 1 aliphatic rings. The minimum absolute atomic E-state index is 0.00309. The number of carbonyl (C=O) groups is 2. The van der Waals surface area contributed by atoms with Crippen LogP contribution >= 0.6 is 0 Å². The SMILES string of the molecule is CC(C)Nc1ncc(NC(=O)c2ccc3cc4n(c3c2)C(C)C(C)NC4=O)cc1C=N. The molecule has 8 heteroatoms. The van der Waals surface area contributed by atoms with Crippen LogP contribution in [0.25, 0.3) is 10.9 Å². The topological polar surface area (TPSA) is 112 Å². The summed E-state index contributed by atoms with van der Waals surface area (Å²) in [4.78, 5) is 29.6. The summed E-state index contributed by atoms with van der Waals surface area (Å²) in [5.41, 5.74) is 3.05. The van der Waals surface area contributed by atoms with Gasteiger partial charge < -0.3 is 25.9 Å². The summed E-state index contributed by atoms with van der Waals surface area (Å²) in [5, 5.41) is 17.6. The predicted molar refractivity (Wildman–Crippen MR) is 122 cm³/mol. The van der Waals surface area contributed by atoms with Gasteiger partial charge in [0.2, 0.25) is 0 Å². The first-order valence-corrected chi connectivity index (χ1v) is 10.3. The summed E-state index contributed by atoms with van der Waals surface area (Å²) in [7, 11) is 0. The third-order valence-corrected chi connectivity index (χ3v) is 5.58. The van der Waals surface area contributed by atoms with Gasteiger partial charge in [-0.2, -0.15) is 0 Å². The monoisotopic (exact) mass is 418 g/mol. The van der Waals surface area contributed by atoms with E-state index in [1.807, 2.05) is 43.5 Å². The van der Waals surface area contributed by atoms with Crippen molar-refractivity contribution in [2.24, 2.45) is 0 Å². The zero-order valence-electron chi connectivity index (χ0n) is 18.0. The molecule has 2 amide bonds. The van der Waals surface area contributed by atoms with Crippen LogP contribution in [0.5, 0.6) is 0 Å². The number of amides is 2. The molecule has 4 N–H and O–H groups in total. The molecule has 0 bridgehead atoms. The maximum absolute atomic E-state index is 12.9. The minimum atomic E-state index is -0.277. The average Bonchev–Trinajstić information content (AvgIpc) is 3.12. The molecule has 2 atom stereocenters. The van der Waals surface area contributed by atoms with Gasteiger partial charge in [0.1, 0.15) is 11.5 Å². The van der Waals surface area contributed by atoms with E-state index in [1.165, 1.54) is 6.21 Å². The highest BCUT2D eigenvalue weighted by atomic mass is 16.2. The molecule has 0 spiro atoms. The molecule has 3 heterocycles. The lowest BCUT2D eigenvalue weighted by Crippen LogP contribution is -2.44. The highest BCUT2D eigenvalue weighted by Gasteiger charge is 2.29. The first-order valence-electron chi connectivity index (χ1n) is 10.3. The van der Waals surface area contributed by atoms with Crippen molar-refractivity contribution >= 4 is 40.4 Å². The Bertz CT molecular complexity index is 1200. The van der Waals surface area contributed by atoms with E-state index in [0.717, 1.165) is 10.9 Å². The molecule has 1 aliphatic heterocycles.